The number of carbonyl (C=O) groups is 2. The lowest BCUT2D eigenvalue weighted by Crippen LogP contribution is -2.33. The highest BCUT2D eigenvalue weighted by molar-refractivity contribution is 6.34. The summed E-state index contributed by atoms with van der Waals surface area (Å²) in [4.78, 5) is 21.2. The fourth-order valence-electron chi connectivity index (χ4n) is 0.968. The van der Waals surface area contributed by atoms with Gasteiger partial charge in [0.05, 0.1) is 5.71 Å². The molecular formula is C10H10ClN3O2. The number of carbonyl (C=O) groups excluding carboxylic acids is 2. The smallest absolute Gasteiger partial charge is 0.329 e. The molecule has 16 heavy (non-hydrogen) atoms. The Morgan fingerprint density at radius 2 is 2.12 bits per heavy atom. The van der Waals surface area contributed by atoms with Crippen LogP contribution in [0.15, 0.2) is 29.4 Å². The van der Waals surface area contributed by atoms with Crippen molar-refractivity contribution in [2.24, 2.45) is 10.8 Å². The van der Waals surface area contributed by atoms with Crippen LogP contribution in [0.1, 0.15) is 12.5 Å². The van der Waals surface area contributed by atoms with Gasteiger partial charge in [-0.25, -0.2) is 5.43 Å². The maximum atomic E-state index is 10.8. The van der Waals surface area contributed by atoms with Gasteiger partial charge in [-0.05, 0) is 24.6 Å². The minimum absolute atomic E-state index is 0.525. The predicted octanol–water partition coefficient (Wildman–Crippen LogP) is 0.666. The molecule has 1 aromatic carbocycles. The number of hydrogen-bond donors (Lipinski definition) is 2. The first kappa shape index (κ1) is 12.2. The first-order chi connectivity index (χ1) is 7.50. The van der Waals surface area contributed by atoms with E-state index in [-0.39, 0.29) is 0 Å². The monoisotopic (exact) mass is 239 g/mol. The molecule has 6 heteroatoms. The van der Waals surface area contributed by atoms with E-state index in [9.17, 15) is 9.59 Å². The molecule has 3 N–H and O–H groups in total. The van der Waals surface area contributed by atoms with Crippen molar-refractivity contribution in [3.63, 3.8) is 0 Å². The van der Waals surface area contributed by atoms with Crippen LogP contribution in [0.25, 0.3) is 0 Å². The Hall–Kier alpha value is -1.88. The minimum atomic E-state index is -1.08. The van der Waals surface area contributed by atoms with E-state index in [4.69, 9.17) is 17.3 Å². The van der Waals surface area contributed by atoms with Gasteiger partial charge in [-0.2, -0.15) is 5.10 Å². The Kier molecular flexibility index (Phi) is 4.02. The Labute approximate surface area is 97.3 Å². The van der Waals surface area contributed by atoms with Crippen molar-refractivity contribution in [1.29, 1.82) is 0 Å². The van der Waals surface area contributed by atoms with Crippen molar-refractivity contribution < 1.29 is 9.59 Å². The molecule has 0 aliphatic carbocycles. The molecule has 0 saturated heterocycles. The maximum Gasteiger partial charge on any atom is 0.329 e. The summed E-state index contributed by atoms with van der Waals surface area (Å²) in [5.74, 6) is -2.04. The number of benzene rings is 1. The van der Waals surface area contributed by atoms with E-state index in [0.717, 1.165) is 5.56 Å². The van der Waals surface area contributed by atoms with Crippen LogP contribution in [0.2, 0.25) is 5.02 Å². The van der Waals surface area contributed by atoms with Crippen molar-refractivity contribution >= 4 is 29.1 Å². The van der Waals surface area contributed by atoms with Crippen molar-refractivity contribution in [1.82, 2.24) is 5.43 Å². The molecule has 0 atom stereocenters. The van der Waals surface area contributed by atoms with Crippen LogP contribution in [-0.4, -0.2) is 17.5 Å². The number of nitrogens with zero attached hydrogens (tertiary/aromatic N) is 1. The summed E-state index contributed by atoms with van der Waals surface area (Å²) in [5, 5.41) is 4.28. The molecule has 5 nitrogen and oxygen atoms in total. The Morgan fingerprint density at radius 3 is 2.69 bits per heavy atom. The Morgan fingerprint density at radius 1 is 1.44 bits per heavy atom. The molecule has 0 bridgehead atoms. The van der Waals surface area contributed by atoms with E-state index < -0.39 is 11.8 Å². The lowest BCUT2D eigenvalue weighted by atomic mass is 10.1. The van der Waals surface area contributed by atoms with Gasteiger partial charge in [0.1, 0.15) is 0 Å². The summed E-state index contributed by atoms with van der Waals surface area (Å²) in [7, 11) is 0. The van der Waals surface area contributed by atoms with E-state index >= 15 is 0 Å². The summed E-state index contributed by atoms with van der Waals surface area (Å²) >= 11 is 5.79. The van der Waals surface area contributed by atoms with Crippen LogP contribution in [-0.2, 0) is 9.59 Å². The van der Waals surface area contributed by atoms with Crippen LogP contribution in [0, 0.1) is 0 Å². The highest BCUT2D eigenvalue weighted by Crippen LogP contribution is 2.11. The van der Waals surface area contributed by atoms with Gasteiger partial charge in [-0.1, -0.05) is 23.7 Å². The number of hydrogen-bond acceptors (Lipinski definition) is 3. The number of nitrogens with one attached hydrogen (secondary N) is 1. The fraction of sp³-hybridized carbons (Fsp3) is 0.100. The van der Waals surface area contributed by atoms with E-state index in [1.54, 1.807) is 31.2 Å². The molecule has 1 aromatic rings. The topological polar surface area (TPSA) is 84.6 Å². The third-order valence-electron chi connectivity index (χ3n) is 1.79. The molecule has 0 spiro atoms. The number of amides is 2. The van der Waals surface area contributed by atoms with Crippen LogP contribution in [0.3, 0.4) is 0 Å². The maximum absolute atomic E-state index is 10.8. The number of primary amides is 1. The van der Waals surface area contributed by atoms with Gasteiger partial charge >= 0.3 is 11.8 Å². The van der Waals surface area contributed by atoms with E-state index in [1.165, 1.54) is 0 Å². The molecule has 1 rings (SSSR count). The third kappa shape index (κ3) is 3.36. The number of halogens is 1. The summed E-state index contributed by atoms with van der Waals surface area (Å²) < 4.78 is 0. The summed E-state index contributed by atoms with van der Waals surface area (Å²) in [6.07, 6.45) is 0. The van der Waals surface area contributed by atoms with Gasteiger partial charge in [-0.3, -0.25) is 9.59 Å². The number of hydrazone groups is 1. The van der Waals surface area contributed by atoms with E-state index in [1.807, 2.05) is 5.43 Å². The molecular weight excluding hydrogens is 230 g/mol. The molecule has 0 aromatic heterocycles. The number of rotatable bonds is 2. The van der Waals surface area contributed by atoms with Crippen LogP contribution >= 0.6 is 11.6 Å². The van der Waals surface area contributed by atoms with E-state index in [0.29, 0.717) is 10.7 Å². The molecule has 0 fully saturated rings. The van der Waals surface area contributed by atoms with Crippen molar-refractivity contribution in [3.05, 3.63) is 34.9 Å². The second-order valence-electron chi connectivity index (χ2n) is 3.01. The summed E-state index contributed by atoms with van der Waals surface area (Å²) in [6, 6.07) is 6.95. The largest absolute Gasteiger partial charge is 0.361 e. The SMILES string of the molecule is C/C(=N/NC(=O)C(N)=O)c1cccc(Cl)c1. The molecule has 0 saturated carbocycles. The van der Waals surface area contributed by atoms with Crippen molar-refractivity contribution in [2.45, 2.75) is 6.92 Å². The van der Waals surface area contributed by atoms with Gasteiger partial charge in [-0.15, -0.1) is 0 Å². The van der Waals surface area contributed by atoms with Crippen LogP contribution < -0.4 is 11.2 Å². The van der Waals surface area contributed by atoms with Gasteiger partial charge < -0.3 is 5.73 Å². The highest BCUT2D eigenvalue weighted by atomic mass is 35.5. The first-order valence-electron chi connectivity index (χ1n) is 4.40. The fourth-order valence-corrected chi connectivity index (χ4v) is 1.16. The lowest BCUT2D eigenvalue weighted by molar-refractivity contribution is -0.137. The zero-order valence-corrected chi connectivity index (χ0v) is 9.28. The normalized spacial score (nSPS) is 11.0. The Balaban J connectivity index is 2.78. The molecule has 0 aliphatic heterocycles. The summed E-state index contributed by atoms with van der Waals surface area (Å²) in [5.41, 5.74) is 8.05. The lowest BCUT2D eigenvalue weighted by Gasteiger charge is -2.01. The molecule has 2 amide bonds. The first-order valence-corrected chi connectivity index (χ1v) is 4.78. The zero-order valence-electron chi connectivity index (χ0n) is 8.53. The highest BCUT2D eigenvalue weighted by Gasteiger charge is 2.06. The second-order valence-corrected chi connectivity index (χ2v) is 3.45. The van der Waals surface area contributed by atoms with Gasteiger partial charge in [0, 0.05) is 5.02 Å². The standard InChI is InChI=1S/C10H10ClN3O2/c1-6(13-14-10(16)9(12)15)7-3-2-4-8(11)5-7/h2-5H,1H3,(H2,12,15)(H,14,16)/b13-6-. The third-order valence-corrected chi connectivity index (χ3v) is 2.03. The van der Waals surface area contributed by atoms with Gasteiger partial charge in [0.15, 0.2) is 0 Å². The molecule has 0 unspecified atom stereocenters. The summed E-state index contributed by atoms with van der Waals surface area (Å²) in [6.45, 7) is 1.67. The van der Waals surface area contributed by atoms with Crippen LogP contribution in [0.4, 0.5) is 0 Å². The predicted molar refractivity (Wildman–Crippen MR) is 61.0 cm³/mol. The Bertz CT molecular complexity index is 457. The average molecular weight is 240 g/mol. The zero-order chi connectivity index (χ0) is 12.1. The van der Waals surface area contributed by atoms with E-state index in [2.05, 4.69) is 5.10 Å². The molecule has 0 radical (unpaired) electrons. The molecule has 84 valence electrons. The van der Waals surface area contributed by atoms with Gasteiger partial charge in [0.2, 0.25) is 0 Å². The molecule has 0 heterocycles. The second kappa shape index (κ2) is 5.27. The van der Waals surface area contributed by atoms with Crippen molar-refractivity contribution in [3.8, 4) is 0 Å². The van der Waals surface area contributed by atoms with Crippen LogP contribution in [0.5, 0.6) is 0 Å². The van der Waals surface area contributed by atoms with Crippen molar-refractivity contribution in [2.75, 3.05) is 0 Å². The van der Waals surface area contributed by atoms with Gasteiger partial charge in [0.25, 0.3) is 0 Å². The average Bonchev–Trinajstić information content (AvgIpc) is 2.25. The minimum Gasteiger partial charge on any atom is -0.361 e. The number of nitrogens with two attached hydrogens (primary N) is 1. The molecule has 0 aliphatic rings. The quantitative estimate of drug-likeness (QED) is 0.452.